The van der Waals surface area contributed by atoms with Crippen LogP contribution >= 0.6 is 0 Å². The van der Waals surface area contributed by atoms with Crippen LogP contribution in [0.2, 0.25) is 0 Å². The number of aromatic hydroxyl groups is 1. The fourth-order valence-corrected chi connectivity index (χ4v) is 3.58. The number of ether oxygens (including phenoxy) is 1. The third-order valence-corrected chi connectivity index (χ3v) is 5.07. The Labute approximate surface area is 203 Å². The van der Waals surface area contributed by atoms with Crippen molar-refractivity contribution in [3.8, 4) is 5.75 Å². The highest BCUT2D eigenvalue weighted by molar-refractivity contribution is 5.92. The van der Waals surface area contributed by atoms with Crippen LogP contribution in [-0.4, -0.2) is 52.1 Å². The van der Waals surface area contributed by atoms with Crippen LogP contribution in [0.1, 0.15) is 72.9 Å². The van der Waals surface area contributed by atoms with Gasteiger partial charge in [-0.25, -0.2) is 4.79 Å². The van der Waals surface area contributed by atoms with Crippen LogP contribution in [0, 0.1) is 5.92 Å². The number of phenolic OH excluding ortho intramolecular Hbond substituents is 1. The molecule has 0 fully saturated rings. The molecule has 0 aliphatic rings. The van der Waals surface area contributed by atoms with Crippen LogP contribution in [0.4, 0.5) is 4.79 Å². The molecular formula is C26H41N3O5. The zero-order chi connectivity index (χ0) is 26.1. The number of carbonyl (C=O) groups is 3. The summed E-state index contributed by atoms with van der Waals surface area (Å²) in [6, 6.07) is 4.20. The van der Waals surface area contributed by atoms with Crippen molar-refractivity contribution in [2.24, 2.45) is 5.92 Å². The number of nitrogens with one attached hydrogen (secondary N) is 2. The minimum absolute atomic E-state index is 0.0183. The maximum absolute atomic E-state index is 13.8. The molecule has 3 atom stereocenters. The third-order valence-electron chi connectivity index (χ3n) is 5.07. The molecule has 1 rings (SSSR count). The van der Waals surface area contributed by atoms with Crippen molar-refractivity contribution in [1.29, 1.82) is 0 Å². The molecule has 0 radical (unpaired) electrons. The minimum atomic E-state index is -1.03. The Morgan fingerprint density at radius 3 is 2.32 bits per heavy atom. The van der Waals surface area contributed by atoms with Crippen LogP contribution in [0.5, 0.6) is 5.75 Å². The topological polar surface area (TPSA) is 108 Å². The van der Waals surface area contributed by atoms with Gasteiger partial charge in [0.1, 0.15) is 23.4 Å². The van der Waals surface area contributed by atoms with E-state index in [1.807, 2.05) is 13.8 Å². The average Bonchev–Trinajstić information content (AvgIpc) is 2.70. The number of hydrogen-bond acceptors (Lipinski definition) is 5. The lowest BCUT2D eigenvalue weighted by molar-refractivity contribution is -0.143. The molecule has 0 saturated carbocycles. The summed E-state index contributed by atoms with van der Waals surface area (Å²) in [7, 11) is 0. The molecule has 190 valence electrons. The summed E-state index contributed by atoms with van der Waals surface area (Å²) < 4.78 is 5.34. The van der Waals surface area contributed by atoms with E-state index >= 15 is 0 Å². The van der Waals surface area contributed by atoms with E-state index in [2.05, 4.69) is 17.2 Å². The van der Waals surface area contributed by atoms with Gasteiger partial charge in [-0.15, -0.1) is 6.58 Å². The Bertz CT molecular complexity index is 847. The molecule has 8 nitrogen and oxygen atoms in total. The van der Waals surface area contributed by atoms with E-state index in [-0.39, 0.29) is 30.2 Å². The predicted molar refractivity (Wildman–Crippen MR) is 133 cm³/mol. The maximum atomic E-state index is 13.8. The van der Waals surface area contributed by atoms with Crippen molar-refractivity contribution in [3.63, 3.8) is 0 Å². The Kier molecular flexibility index (Phi) is 11.1. The molecular weight excluding hydrogens is 434 g/mol. The van der Waals surface area contributed by atoms with Gasteiger partial charge in [-0.1, -0.05) is 45.4 Å². The lowest BCUT2D eigenvalue weighted by Gasteiger charge is -2.35. The number of phenols is 1. The number of carbonyl (C=O) groups excluding carboxylic acids is 3. The summed E-state index contributed by atoms with van der Waals surface area (Å²) in [6.45, 7) is 16.6. The Balaban J connectivity index is 3.41. The Morgan fingerprint density at radius 1 is 1.18 bits per heavy atom. The highest BCUT2D eigenvalue weighted by Gasteiger charge is 2.37. The van der Waals surface area contributed by atoms with Gasteiger partial charge in [0.15, 0.2) is 0 Å². The van der Waals surface area contributed by atoms with Crippen molar-refractivity contribution < 1.29 is 24.2 Å². The second kappa shape index (κ2) is 13.0. The van der Waals surface area contributed by atoms with Gasteiger partial charge in [0.05, 0.1) is 0 Å². The smallest absolute Gasteiger partial charge is 0.408 e. The summed E-state index contributed by atoms with van der Waals surface area (Å²) in [5.41, 5.74) is -0.273. The molecule has 1 aromatic rings. The van der Waals surface area contributed by atoms with E-state index in [9.17, 15) is 19.5 Å². The highest BCUT2D eigenvalue weighted by atomic mass is 16.6. The second-order valence-corrected chi connectivity index (χ2v) is 9.84. The molecule has 1 aromatic carbocycles. The quantitative estimate of drug-likeness (QED) is 0.414. The fourth-order valence-electron chi connectivity index (χ4n) is 3.58. The highest BCUT2D eigenvalue weighted by Crippen LogP contribution is 2.26. The largest absolute Gasteiger partial charge is 0.508 e. The zero-order valence-electron chi connectivity index (χ0n) is 21.6. The molecule has 0 aromatic heterocycles. The average molecular weight is 476 g/mol. The molecule has 34 heavy (non-hydrogen) atoms. The van der Waals surface area contributed by atoms with Gasteiger partial charge in [0.2, 0.25) is 11.8 Å². The molecule has 8 heteroatoms. The van der Waals surface area contributed by atoms with Crippen LogP contribution in [-0.2, 0) is 14.3 Å². The SMILES string of the molecule is C=CCN(C(=O)C(NC(=O)OC(C)(C)C)C(C)C)C(C(=O)NC(C)CCC)c1cccc(O)c1. The zero-order valence-corrected chi connectivity index (χ0v) is 21.6. The van der Waals surface area contributed by atoms with Crippen molar-refractivity contribution in [3.05, 3.63) is 42.5 Å². The molecule has 3 N–H and O–H groups in total. The van der Waals surface area contributed by atoms with Gasteiger partial charge >= 0.3 is 6.09 Å². The summed E-state index contributed by atoms with van der Waals surface area (Å²) >= 11 is 0. The van der Waals surface area contributed by atoms with E-state index in [1.165, 1.54) is 23.1 Å². The molecule has 3 amide bonds. The fraction of sp³-hybridized carbons (Fsp3) is 0.577. The first-order valence-electron chi connectivity index (χ1n) is 11.8. The minimum Gasteiger partial charge on any atom is -0.508 e. The predicted octanol–water partition coefficient (Wildman–Crippen LogP) is 4.30. The standard InChI is InChI=1S/C26H41N3O5/c1-9-12-18(5)27-23(31)22(19-13-11-14-20(30)16-19)29(15-10-2)24(32)21(17(3)4)28-25(33)34-26(6,7)8/h10-11,13-14,16-18,21-22,30H,2,9,12,15H2,1,3-8H3,(H,27,31)(H,28,33). The van der Waals surface area contributed by atoms with Gasteiger partial charge < -0.3 is 25.4 Å². The van der Waals surface area contributed by atoms with Gasteiger partial charge in [-0.05, 0) is 57.7 Å². The van der Waals surface area contributed by atoms with Gasteiger partial charge in [-0.3, -0.25) is 9.59 Å². The second-order valence-electron chi connectivity index (χ2n) is 9.84. The van der Waals surface area contributed by atoms with Crippen LogP contribution in [0.25, 0.3) is 0 Å². The van der Waals surface area contributed by atoms with Crippen LogP contribution in [0.15, 0.2) is 36.9 Å². The summed E-state index contributed by atoms with van der Waals surface area (Å²) in [5.74, 6) is -1.12. The first-order chi connectivity index (χ1) is 15.8. The summed E-state index contributed by atoms with van der Waals surface area (Å²) in [6.07, 6.45) is 2.49. The summed E-state index contributed by atoms with van der Waals surface area (Å²) in [4.78, 5) is 41.0. The summed E-state index contributed by atoms with van der Waals surface area (Å²) in [5, 5.41) is 15.7. The molecule has 0 aliphatic heterocycles. The van der Waals surface area contributed by atoms with Crippen LogP contribution < -0.4 is 10.6 Å². The van der Waals surface area contributed by atoms with Crippen molar-refractivity contribution in [2.45, 2.75) is 85.0 Å². The number of rotatable bonds is 11. The van der Waals surface area contributed by atoms with E-state index < -0.39 is 29.7 Å². The van der Waals surface area contributed by atoms with E-state index in [0.717, 1.165) is 12.8 Å². The number of alkyl carbamates (subject to hydrolysis) is 1. The van der Waals surface area contributed by atoms with Crippen LogP contribution in [0.3, 0.4) is 0 Å². The maximum Gasteiger partial charge on any atom is 0.408 e. The molecule has 0 saturated heterocycles. The van der Waals surface area contributed by atoms with Crippen molar-refractivity contribution in [2.75, 3.05) is 6.54 Å². The van der Waals surface area contributed by atoms with E-state index in [1.54, 1.807) is 46.8 Å². The third kappa shape index (κ3) is 9.08. The first kappa shape index (κ1) is 29.0. The number of nitrogens with zero attached hydrogens (tertiary/aromatic N) is 1. The number of hydrogen-bond donors (Lipinski definition) is 3. The van der Waals surface area contributed by atoms with Crippen molar-refractivity contribution in [1.82, 2.24) is 15.5 Å². The monoisotopic (exact) mass is 475 g/mol. The molecule has 3 unspecified atom stereocenters. The van der Waals surface area contributed by atoms with E-state index in [0.29, 0.717) is 5.56 Å². The van der Waals surface area contributed by atoms with Gasteiger partial charge in [0.25, 0.3) is 0 Å². The molecule has 0 aliphatic carbocycles. The lowest BCUT2D eigenvalue weighted by atomic mass is 9.98. The number of amides is 3. The normalized spacial score (nSPS) is 14.0. The Hall–Kier alpha value is -3.03. The van der Waals surface area contributed by atoms with Crippen molar-refractivity contribution >= 4 is 17.9 Å². The molecule has 0 bridgehead atoms. The molecule has 0 heterocycles. The first-order valence-corrected chi connectivity index (χ1v) is 11.8. The van der Waals surface area contributed by atoms with Gasteiger partial charge in [0, 0.05) is 12.6 Å². The van der Waals surface area contributed by atoms with E-state index in [4.69, 9.17) is 4.74 Å². The lowest BCUT2D eigenvalue weighted by Crippen LogP contribution is -2.55. The number of benzene rings is 1. The molecule has 0 spiro atoms. The van der Waals surface area contributed by atoms with Gasteiger partial charge in [-0.2, -0.15) is 0 Å². The Morgan fingerprint density at radius 2 is 1.82 bits per heavy atom.